The van der Waals surface area contributed by atoms with Crippen molar-refractivity contribution in [2.45, 2.75) is 25.0 Å². The molecule has 0 aliphatic heterocycles. The lowest BCUT2D eigenvalue weighted by Crippen LogP contribution is -2.08. The number of hydrogen-bond donors (Lipinski definition) is 1. The summed E-state index contributed by atoms with van der Waals surface area (Å²) in [4.78, 5) is 10.7. The Bertz CT molecular complexity index is 999. The standard InChI is InChI=1S/C17H14F3N3O2S/c1-9-10(2)16(26-8-14(24)25)22-21-15(9)23-6-5-11-3-4-12(7-13(11)23)17(18,19)20/h3-7H,8H2,1-2H3,(H,24,25). The Morgan fingerprint density at radius 3 is 2.58 bits per heavy atom. The molecule has 9 heteroatoms. The van der Waals surface area contributed by atoms with Gasteiger partial charge in [0.25, 0.3) is 0 Å². The van der Waals surface area contributed by atoms with Crippen LogP contribution in [0.4, 0.5) is 13.2 Å². The zero-order chi connectivity index (χ0) is 19.1. The van der Waals surface area contributed by atoms with Crippen LogP contribution in [0.5, 0.6) is 0 Å². The van der Waals surface area contributed by atoms with Gasteiger partial charge in [-0.25, -0.2) is 0 Å². The number of alkyl halides is 3. The predicted molar refractivity (Wildman–Crippen MR) is 91.7 cm³/mol. The minimum Gasteiger partial charge on any atom is -0.481 e. The molecule has 1 aromatic carbocycles. The predicted octanol–water partition coefficient (Wildman–Crippen LogP) is 4.23. The van der Waals surface area contributed by atoms with E-state index in [1.807, 2.05) is 0 Å². The Kier molecular flexibility index (Phi) is 4.66. The minimum absolute atomic E-state index is 0.143. The average Bonchev–Trinajstić information content (AvgIpc) is 2.98. The number of carboxylic acids is 1. The molecule has 0 amide bonds. The van der Waals surface area contributed by atoms with E-state index < -0.39 is 17.7 Å². The molecule has 0 spiro atoms. The van der Waals surface area contributed by atoms with Gasteiger partial charge in [0.15, 0.2) is 5.82 Å². The number of benzene rings is 1. The van der Waals surface area contributed by atoms with Crippen molar-refractivity contribution in [3.05, 3.63) is 47.2 Å². The Balaban J connectivity index is 2.09. The van der Waals surface area contributed by atoms with Gasteiger partial charge >= 0.3 is 12.1 Å². The van der Waals surface area contributed by atoms with Crippen LogP contribution in [0.3, 0.4) is 0 Å². The molecule has 5 nitrogen and oxygen atoms in total. The van der Waals surface area contributed by atoms with Crippen LogP contribution in [0, 0.1) is 13.8 Å². The first kappa shape index (κ1) is 18.2. The summed E-state index contributed by atoms with van der Waals surface area (Å²) < 4.78 is 40.6. The van der Waals surface area contributed by atoms with Crippen molar-refractivity contribution >= 4 is 28.6 Å². The summed E-state index contributed by atoms with van der Waals surface area (Å²) in [6.07, 6.45) is -2.79. The van der Waals surface area contributed by atoms with Crippen LogP contribution in [0.2, 0.25) is 0 Å². The van der Waals surface area contributed by atoms with Crippen molar-refractivity contribution < 1.29 is 23.1 Å². The lowest BCUT2D eigenvalue weighted by Gasteiger charge is -2.13. The van der Waals surface area contributed by atoms with Crippen molar-refractivity contribution in [2.75, 3.05) is 5.75 Å². The fourth-order valence-corrected chi connectivity index (χ4v) is 3.28. The van der Waals surface area contributed by atoms with Crippen LogP contribution in [0.15, 0.2) is 35.5 Å². The molecule has 26 heavy (non-hydrogen) atoms. The third-order valence-electron chi connectivity index (χ3n) is 4.04. The highest BCUT2D eigenvalue weighted by Gasteiger charge is 2.31. The summed E-state index contributed by atoms with van der Waals surface area (Å²) in [6, 6.07) is 5.25. The fourth-order valence-electron chi connectivity index (χ4n) is 2.56. The maximum Gasteiger partial charge on any atom is 0.416 e. The highest BCUT2D eigenvalue weighted by molar-refractivity contribution is 7.99. The van der Waals surface area contributed by atoms with E-state index in [1.165, 1.54) is 6.07 Å². The number of fused-ring (bicyclic) bond motifs is 1. The average molecular weight is 381 g/mol. The molecule has 0 saturated heterocycles. The summed E-state index contributed by atoms with van der Waals surface area (Å²) in [5, 5.41) is 18.1. The number of rotatable bonds is 4. The summed E-state index contributed by atoms with van der Waals surface area (Å²) in [6.45, 7) is 3.56. The minimum atomic E-state index is -4.43. The molecule has 0 aliphatic carbocycles. The van der Waals surface area contributed by atoms with Gasteiger partial charge in [0, 0.05) is 11.6 Å². The molecule has 0 saturated carbocycles. The first-order valence-corrected chi connectivity index (χ1v) is 8.54. The molecule has 3 rings (SSSR count). The van der Waals surface area contributed by atoms with Gasteiger partial charge in [-0.05, 0) is 43.2 Å². The van der Waals surface area contributed by atoms with Gasteiger partial charge in [-0.15, -0.1) is 10.2 Å². The van der Waals surface area contributed by atoms with E-state index in [0.717, 1.165) is 35.0 Å². The molecule has 136 valence electrons. The number of aromatic nitrogens is 3. The number of thioether (sulfide) groups is 1. The van der Waals surface area contributed by atoms with E-state index in [9.17, 15) is 18.0 Å². The molecule has 2 heterocycles. The molecule has 0 aliphatic rings. The first-order chi connectivity index (χ1) is 12.2. The molecular formula is C17H14F3N3O2S. The Hall–Kier alpha value is -2.55. The number of carbonyl (C=O) groups is 1. The second-order valence-electron chi connectivity index (χ2n) is 5.72. The third-order valence-corrected chi connectivity index (χ3v) is 5.09. The van der Waals surface area contributed by atoms with Crippen LogP contribution in [0.25, 0.3) is 16.7 Å². The van der Waals surface area contributed by atoms with Gasteiger partial charge < -0.3 is 5.11 Å². The maximum absolute atomic E-state index is 13.0. The van der Waals surface area contributed by atoms with Gasteiger partial charge in [0.2, 0.25) is 0 Å². The zero-order valence-electron chi connectivity index (χ0n) is 13.8. The highest BCUT2D eigenvalue weighted by atomic mass is 32.2. The lowest BCUT2D eigenvalue weighted by molar-refractivity contribution is -0.137. The molecule has 2 aromatic heterocycles. The number of carboxylic acid groups (broad SMARTS) is 1. The number of aliphatic carboxylic acids is 1. The largest absolute Gasteiger partial charge is 0.481 e. The van der Waals surface area contributed by atoms with Crippen LogP contribution >= 0.6 is 11.8 Å². The molecular weight excluding hydrogens is 367 g/mol. The SMILES string of the molecule is Cc1c(SCC(=O)O)nnc(-n2ccc3ccc(C(F)(F)F)cc32)c1C. The lowest BCUT2D eigenvalue weighted by atomic mass is 10.1. The van der Waals surface area contributed by atoms with Crippen molar-refractivity contribution in [1.29, 1.82) is 0 Å². The van der Waals surface area contributed by atoms with Crippen molar-refractivity contribution in [3.63, 3.8) is 0 Å². The second-order valence-corrected chi connectivity index (χ2v) is 6.68. The fraction of sp³-hybridized carbons (Fsp3) is 0.235. The van der Waals surface area contributed by atoms with E-state index >= 15 is 0 Å². The third kappa shape index (κ3) is 3.39. The van der Waals surface area contributed by atoms with Crippen molar-refractivity contribution in [3.8, 4) is 5.82 Å². The van der Waals surface area contributed by atoms with Gasteiger partial charge in [0.1, 0.15) is 5.03 Å². The first-order valence-electron chi connectivity index (χ1n) is 7.55. The molecule has 0 unspecified atom stereocenters. The van der Waals surface area contributed by atoms with Gasteiger partial charge in [0.05, 0.1) is 16.8 Å². The van der Waals surface area contributed by atoms with Crippen molar-refractivity contribution in [1.82, 2.24) is 14.8 Å². The molecule has 0 atom stereocenters. The van der Waals surface area contributed by atoms with E-state index in [1.54, 1.807) is 30.7 Å². The van der Waals surface area contributed by atoms with Gasteiger partial charge in [-0.1, -0.05) is 17.8 Å². The van der Waals surface area contributed by atoms with E-state index in [4.69, 9.17) is 5.11 Å². The van der Waals surface area contributed by atoms with Gasteiger partial charge in [-0.2, -0.15) is 13.2 Å². The zero-order valence-corrected chi connectivity index (χ0v) is 14.6. The van der Waals surface area contributed by atoms with Gasteiger partial charge in [-0.3, -0.25) is 9.36 Å². The normalized spacial score (nSPS) is 11.9. The molecule has 1 N–H and O–H groups in total. The number of nitrogens with zero attached hydrogens (tertiary/aromatic N) is 3. The van der Waals surface area contributed by atoms with E-state index in [-0.39, 0.29) is 5.75 Å². The van der Waals surface area contributed by atoms with Crippen LogP contribution < -0.4 is 0 Å². The van der Waals surface area contributed by atoms with E-state index in [0.29, 0.717) is 21.7 Å². The summed E-state index contributed by atoms with van der Waals surface area (Å²) in [7, 11) is 0. The topological polar surface area (TPSA) is 68.0 Å². The smallest absolute Gasteiger partial charge is 0.416 e. The molecule has 0 radical (unpaired) electrons. The summed E-state index contributed by atoms with van der Waals surface area (Å²) in [5.74, 6) is -0.694. The molecule has 0 bridgehead atoms. The van der Waals surface area contributed by atoms with Crippen molar-refractivity contribution in [2.24, 2.45) is 0 Å². The number of hydrogen-bond acceptors (Lipinski definition) is 4. The van der Waals surface area contributed by atoms with Crippen LogP contribution in [-0.2, 0) is 11.0 Å². The maximum atomic E-state index is 13.0. The van der Waals surface area contributed by atoms with E-state index in [2.05, 4.69) is 10.2 Å². The number of halogens is 3. The highest BCUT2D eigenvalue weighted by Crippen LogP contribution is 2.33. The summed E-state index contributed by atoms with van der Waals surface area (Å²) in [5.41, 5.74) is 1.11. The van der Waals surface area contributed by atoms with Crippen LogP contribution in [-0.4, -0.2) is 31.6 Å². The Morgan fingerprint density at radius 2 is 1.92 bits per heavy atom. The Labute approximate surface area is 150 Å². The Morgan fingerprint density at radius 1 is 1.19 bits per heavy atom. The van der Waals surface area contributed by atoms with Crippen LogP contribution in [0.1, 0.15) is 16.7 Å². The second kappa shape index (κ2) is 6.64. The molecule has 0 fully saturated rings. The monoisotopic (exact) mass is 381 g/mol. The summed E-state index contributed by atoms with van der Waals surface area (Å²) >= 11 is 1.05. The quantitative estimate of drug-likeness (QED) is 0.685. The molecule has 3 aromatic rings.